The monoisotopic (exact) mass is 548 g/mol. The highest BCUT2D eigenvalue weighted by Crippen LogP contribution is 2.44. The molecule has 1 aromatic carbocycles. The number of nitrogens with zero attached hydrogens (tertiary/aromatic N) is 4. The molecule has 40 heavy (non-hydrogen) atoms. The molecule has 1 saturated carbocycles. The van der Waals surface area contributed by atoms with Gasteiger partial charge in [-0.1, -0.05) is 44.2 Å². The van der Waals surface area contributed by atoms with Gasteiger partial charge in [-0.3, -0.25) is 19.3 Å². The molecule has 3 aliphatic heterocycles. The third-order valence-electron chi connectivity index (χ3n) is 10.0. The number of benzene rings is 1. The molecule has 8 heteroatoms. The second-order valence-electron chi connectivity index (χ2n) is 12.4. The predicted molar refractivity (Wildman–Crippen MR) is 154 cm³/mol. The summed E-state index contributed by atoms with van der Waals surface area (Å²) < 4.78 is 7.10. The van der Waals surface area contributed by atoms with Crippen molar-refractivity contribution in [1.29, 1.82) is 0 Å². The van der Waals surface area contributed by atoms with Crippen molar-refractivity contribution in [3.63, 3.8) is 0 Å². The number of carbonyl (C=O) groups excluding carboxylic acids is 2. The summed E-state index contributed by atoms with van der Waals surface area (Å²) in [5.41, 5.74) is 1.28. The van der Waals surface area contributed by atoms with Crippen molar-refractivity contribution in [2.45, 2.75) is 115 Å². The number of carbonyl (C=O) groups is 2. The van der Waals surface area contributed by atoms with Gasteiger partial charge >= 0.3 is 5.97 Å². The third-order valence-corrected chi connectivity index (χ3v) is 10.0. The normalized spacial score (nSPS) is 26.9. The smallest absolute Gasteiger partial charge is 0.309 e. The van der Waals surface area contributed by atoms with Gasteiger partial charge in [-0.2, -0.15) is 0 Å². The SMILES string of the molecule is CCOC(=O)C1CCN(C(=O)c2nc3ccccc3n(C3C[C@H]4CC[C@@H](C3)N4C3CCCCCCC3)c2=O)CC1. The van der Waals surface area contributed by atoms with Crippen molar-refractivity contribution < 1.29 is 14.3 Å². The van der Waals surface area contributed by atoms with E-state index in [1.54, 1.807) is 11.8 Å². The minimum atomic E-state index is -0.318. The van der Waals surface area contributed by atoms with E-state index in [1.165, 1.54) is 57.8 Å². The van der Waals surface area contributed by atoms with Crippen LogP contribution in [0.5, 0.6) is 0 Å². The average Bonchev–Trinajstić information content (AvgIpc) is 3.21. The molecular weight excluding hydrogens is 504 g/mol. The molecule has 4 heterocycles. The lowest BCUT2D eigenvalue weighted by Crippen LogP contribution is -2.50. The number of hydrogen-bond donors (Lipinski definition) is 0. The first-order valence-electron chi connectivity index (χ1n) is 15.8. The molecule has 6 rings (SSSR count). The van der Waals surface area contributed by atoms with Crippen LogP contribution in [0.2, 0.25) is 0 Å². The van der Waals surface area contributed by atoms with Crippen LogP contribution in [0.4, 0.5) is 0 Å². The number of hydrogen-bond acceptors (Lipinski definition) is 6. The summed E-state index contributed by atoms with van der Waals surface area (Å²) in [6.45, 7) is 3.03. The van der Waals surface area contributed by atoms with Crippen molar-refractivity contribution in [2.75, 3.05) is 19.7 Å². The zero-order valence-corrected chi connectivity index (χ0v) is 23.9. The first kappa shape index (κ1) is 27.4. The van der Waals surface area contributed by atoms with Crippen LogP contribution in [0, 0.1) is 5.92 Å². The molecule has 4 aliphatic rings. The maximum absolute atomic E-state index is 14.1. The zero-order valence-electron chi connectivity index (χ0n) is 23.9. The predicted octanol–water partition coefficient (Wildman–Crippen LogP) is 5.09. The van der Waals surface area contributed by atoms with Crippen molar-refractivity contribution >= 4 is 22.9 Å². The van der Waals surface area contributed by atoms with Crippen LogP contribution in [0.3, 0.4) is 0 Å². The van der Waals surface area contributed by atoms with E-state index < -0.39 is 0 Å². The molecule has 3 saturated heterocycles. The number of fused-ring (bicyclic) bond motifs is 3. The third kappa shape index (κ3) is 5.31. The highest BCUT2D eigenvalue weighted by Gasteiger charge is 2.45. The highest BCUT2D eigenvalue weighted by atomic mass is 16.5. The van der Waals surface area contributed by atoms with Gasteiger partial charge in [0.1, 0.15) is 0 Å². The number of amides is 1. The van der Waals surface area contributed by atoms with Crippen LogP contribution in [-0.4, -0.2) is 69.0 Å². The molecule has 0 radical (unpaired) electrons. The molecule has 1 amide bonds. The molecule has 1 aliphatic carbocycles. The Morgan fingerprint density at radius 2 is 1.50 bits per heavy atom. The molecule has 2 bridgehead atoms. The van der Waals surface area contributed by atoms with E-state index in [0.717, 1.165) is 18.4 Å². The Balaban J connectivity index is 1.25. The van der Waals surface area contributed by atoms with E-state index >= 15 is 0 Å². The van der Waals surface area contributed by atoms with Crippen molar-refractivity contribution in [3.05, 3.63) is 40.3 Å². The average molecular weight is 549 g/mol. The fourth-order valence-corrected chi connectivity index (χ4v) is 8.11. The number of piperidine rings is 2. The largest absolute Gasteiger partial charge is 0.466 e. The van der Waals surface area contributed by atoms with Crippen molar-refractivity contribution in [2.24, 2.45) is 5.92 Å². The Morgan fingerprint density at radius 3 is 2.17 bits per heavy atom. The summed E-state index contributed by atoms with van der Waals surface area (Å²) in [7, 11) is 0. The number of aromatic nitrogens is 2. The lowest BCUT2D eigenvalue weighted by molar-refractivity contribution is -0.149. The van der Waals surface area contributed by atoms with Crippen LogP contribution in [-0.2, 0) is 9.53 Å². The Morgan fingerprint density at radius 1 is 0.850 bits per heavy atom. The quantitative estimate of drug-likeness (QED) is 0.484. The Kier molecular flexibility index (Phi) is 8.24. The Bertz CT molecular complexity index is 1260. The van der Waals surface area contributed by atoms with Gasteiger partial charge < -0.3 is 14.2 Å². The summed E-state index contributed by atoms with van der Waals surface area (Å²) in [5.74, 6) is -0.702. The first-order valence-corrected chi connectivity index (χ1v) is 15.8. The standard InChI is InChI=1S/C32H44N4O4/c1-2-40-32(39)22-16-18-34(19-17-22)30(37)29-31(38)36(28-13-9-8-12-27(28)33-29)26-20-24-14-15-25(21-26)35(24)23-10-6-4-3-5-7-11-23/h8-9,12-13,22-26H,2-7,10-11,14-21H2,1H3/t24-,25+,26?. The second-order valence-corrected chi connectivity index (χ2v) is 12.4. The molecule has 8 nitrogen and oxygen atoms in total. The van der Waals surface area contributed by atoms with Gasteiger partial charge in [0, 0.05) is 37.3 Å². The molecule has 1 aromatic heterocycles. The Labute approximate surface area is 237 Å². The summed E-state index contributed by atoms with van der Waals surface area (Å²) in [5, 5.41) is 0. The minimum absolute atomic E-state index is 0.0167. The molecule has 4 fully saturated rings. The number of ether oxygens (including phenoxy) is 1. The number of para-hydroxylation sites is 2. The van der Waals surface area contributed by atoms with E-state index in [2.05, 4.69) is 9.88 Å². The van der Waals surface area contributed by atoms with Crippen LogP contribution < -0.4 is 5.56 Å². The second kappa shape index (κ2) is 12.0. The van der Waals surface area contributed by atoms with E-state index in [4.69, 9.17) is 4.74 Å². The fourth-order valence-electron chi connectivity index (χ4n) is 8.11. The van der Waals surface area contributed by atoms with Crippen molar-refractivity contribution in [1.82, 2.24) is 19.4 Å². The number of rotatable bonds is 5. The van der Waals surface area contributed by atoms with E-state index in [0.29, 0.717) is 56.2 Å². The molecule has 3 atom stereocenters. The van der Waals surface area contributed by atoms with Gasteiger partial charge in [0.05, 0.1) is 23.6 Å². The summed E-state index contributed by atoms with van der Waals surface area (Å²) in [6, 6.07) is 9.53. The van der Waals surface area contributed by atoms with Crippen LogP contribution in [0.25, 0.3) is 11.0 Å². The molecule has 0 N–H and O–H groups in total. The van der Waals surface area contributed by atoms with Gasteiger partial charge in [0.2, 0.25) is 0 Å². The van der Waals surface area contributed by atoms with Gasteiger partial charge in [-0.25, -0.2) is 4.98 Å². The van der Waals surface area contributed by atoms with Gasteiger partial charge in [-0.05, 0) is 70.4 Å². The van der Waals surface area contributed by atoms with Gasteiger partial charge in [0.25, 0.3) is 11.5 Å². The maximum Gasteiger partial charge on any atom is 0.309 e. The maximum atomic E-state index is 14.1. The topological polar surface area (TPSA) is 84.7 Å². The molecular formula is C32H44N4O4. The molecule has 0 spiro atoms. The van der Waals surface area contributed by atoms with E-state index in [-0.39, 0.29) is 35.1 Å². The first-order chi connectivity index (χ1) is 19.5. The van der Waals surface area contributed by atoms with Crippen LogP contribution in [0.15, 0.2) is 29.1 Å². The van der Waals surface area contributed by atoms with Crippen molar-refractivity contribution in [3.8, 4) is 0 Å². The molecule has 216 valence electrons. The molecule has 2 aromatic rings. The van der Waals surface area contributed by atoms with E-state index in [1.807, 2.05) is 28.8 Å². The summed E-state index contributed by atoms with van der Waals surface area (Å²) >= 11 is 0. The summed E-state index contributed by atoms with van der Waals surface area (Å²) in [4.78, 5) is 49.1. The van der Waals surface area contributed by atoms with Crippen LogP contribution >= 0.6 is 0 Å². The minimum Gasteiger partial charge on any atom is -0.466 e. The highest BCUT2D eigenvalue weighted by molar-refractivity contribution is 5.94. The summed E-state index contributed by atoms with van der Waals surface area (Å²) in [6.07, 6.45) is 14.8. The Hall–Kier alpha value is -2.74. The lowest BCUT2D eigenvalue weighted by atomic mass is 9.89. The van der Waals surface area contributed by atoms with Gasteiger partial charge in [0.15, 0.2) is 5.69 Å². The zero-order chi connectivity index (χ0) is 27.6. The lowest BCUT2D eigenvalue weighted by Gasteiger charge is -2.45. The van der Waals surface area contributed by atoms with E-state index in [9.17, 15) is 14.4 Å². The van der Waals surface area contributed by atoms with Gasteiger partial charge in [-0.15, -0.1) is 0 Å². The number of esters is 1. The number of likely N-dealkylation sites (tertiary alicyclic amines) is 1. The van der Waals surface area contributed by atoms with Crippen LogP contribution in [0.1, 0.15) is 107 Å². The fraction of sp³-hybridized carbons (Fsp3) is 0.688. The molecule has 1 unspecified atom stereocenters.